The summed E-state index contributed by atoms with van der Waals surface area (Å²) in [5.74, 6) is -0.234. The lowest BCUT2D eigenvalue weighted by atomic mass is 10.0. The lowest BCUT2D eigenvalue weighted by Crippen LogP contribution is -2.05. The monoisotopic (exact) mass is 192 g/mol. The van der Waals surface area contributed by atoms with Crippen molar-refractivity contribution in [2.45, 2.75) is 27.2 Å². The summed E-state index contributed by atoms with van der Waals surface area (Å²) >= 11 is 0. The third-order valence-electron chi connectivity index (χ3n) is 2.24. The molecule has 0 N–H and O–H groups in total. The van der Waals surface area contributed by atoms with Gasteiger partial charge in [-0.2, -0.15) is 0 Å². The second-order valence-electron chi connectivity index (χ2n) is 3.22. The molecule has 0 fully saturated rings. The molecule has 0 unspecified atom stereocenters. The Kier molecular flexibility index (Phi) is 3.69. The molecule has 14 heavy (non-hydrogen) atoms. The largest absolute Gasteiger partial charge is 0.462 e. The third-order valence-corrected chi connectivity index (χ3v) is 2.24. The number of aryl methyl sites for hydroxylation is 2. The Labute approximate surface area is 84.9 Å². The maximum absolute atomic E-state index is 11.4. The molecule has 0 saturated heterocycles. The van der Waals surface area contributed by atoms with Crippen LogP contribution in [0.25, 0.3) is 0 Å². The molecule has 0 aliphatic rings. The van der Waals surface area contributed by atoms with Crippen molar-refractivity contribution in [1.82, 2.24) is 0 Å². The van der Waals surface area contributed by atoms with Crippen molar-refractivity contribution >= 4 is 5.97 Å². The van der Waals surface area contributed by atoms with Gasteiger partial charge in [0.15, 0.2) is 0 Å². The van der Waals surface area contributed by atoms with Crippen LogP contribution < -0.4 is 0 Å². The van der Waals surface area contributed by atoms with E-state index in [9.17, 15) is 4.79 Å². The fourth-order valence-corrected chi connectivity index (χ4v) is 1.39. The van der Waals surface area contributed by atoms with E-state index in [4.69, 9.17) is 4.74 Å². The molecule has 1 aromatic rings. The summed E-state index contributed by atoms with van der Waals surface area (Å²) in [7, 11) is 0. The Bertz CT molecular complexity index is 329. The molecule has 76 valence electrons. The Morgan fingerprint density at radius 1 is 1.36 bits per heavy atom. The van der Waals surface area contributed by atoms with Crippen LogP contribution in [0.3, 0.4) is 0 Å². The maximum atomic E-state index is 11.4. The van der Waals surface area contributed by atoms with E-state index in [1.54, 1.807) is 0 Å². The molecule has 0 spiro atoms. The van der Waals surface area contributed by atoms with Crippen molar-refractivity contribution in [3.63, 3.8) is 0 Å². The zero-order valence-electron chi connectivity index (χ0n) is 8.96. The number of ether oxygens (including phenoxy) is 1. The molecule has 0 aliphatic carbocycles. The van der Waals surface area contributed by atoms with Crippen molar-refractivity contribution in [3.05, 3.63) is 34.9 Å². The minimum Gasteiger partial charge on any atom is -0.462 e. The van der Waals surface area contributed by atoms with Gasteiger partial charge in [-0.1, -0.05) is 13.0 Å². The molecular weight excluding hydrogens is 176 g/mol. The van der Waals surface area contributed by atoms with E-state index in [2.05, 4.69) is 6.92 Å². The van der Waals surface area contributed by atoms with E-state index in [1.165, 1.54) is 11.1 Å². The molecule has 0 amide bonds. The van der Waals surface area contributed by atoms with Crippen LogP contribution in [0.4, 0.5) is 0 Å². The van der Waals surface area contributed by atoms with Crippen LogP contribution in [0.5, 0.6) is 0 Å². The van der Waals surface area contributed by atoms with Gasteiger partial charge in [0.1, 0.15) is 0 Å². The lowest BCUT2D eigenvalue weighted by molar-refractivity contribution is 0.0526. The fraction of sp³-hybridized carbons (Fsp3) is 0.417. The number of carbonyl (C=O) groups is 1. The number of carbonyl (C=O) groups excluding carboxylic acids is 1. The molecule has 0 radical (unpaired) electrons. The predicted molar refractivity (Wildman–Crippen MR) is 56.5 cm³/mol. The van der Waals surface area contributed by atoms with Gasteiger partial charge in [-0.25, -0.2) is 4.79 Å². The van der Waals surface area contributed by atoms with Gasteiger partial charge >= 0.3 is 5.97 Å². The summed E-state index contributed by atoms with van der Waals surface area (Å²) < 4.78 is 4.93. The Hall–Kier alpha value is -1.31. The highest BCUT2D eigenvalue weighted by molar-refractivity contribution is 5.89. The average Bonchev–Trinajstić information content (AvgIpc) is 2.19. The molecule has 2 nitrogen and oxygen atoms in total. The van der Waals surface area contributed by atoms with Crippen molar-refractivity contribution in [1.29, 1.82) is 0 Å². The van der Waals surface area contributed by atoms with Crippen molar-refractivity contribution < 1.29 is 9.53 Å². The topological polar surface area (TPSA) is 26.3 Å². The smallest absolute Gasteiger partial charge is 0.338 e. The number of benzene rings is 1. The van der Waals surface area contributed by atoms with Gasteiger partial charge in [-0.15, -0.1) is 0 Å². The van der Waals surface area contributed by atoms with Gasteiger partial charge in [-0.3, -0.25) is 0 Å². The van der Waals surface area contributed by atoms with Crippen LogP contribution in [-0.2, 0) is 11.2 Å². The quantitative estimate of drug-likeness (QED) is 0.688. The highest BCUT2D eigenvalue weighted by atomic mass is 16.5. The molecule has 2 heteroatoms. The Morgan fingerprint density at radius 2 is 2.07 bits per heavy atom. The van der Waals surface area contributed by atoms with Crippen LogP contribution in [-0.4, -0.2) is 12.6 Å². The van der Waals surface area contributed by atoms with Crippen LogP contribution in [0.15, 0.2) is 18.2 Å². The second kappa shape index (κ2) is 4.80. The normalized spacial score (nSPS) is 9.93. The zero-order valence-corrected chi connectivity index (χ0v) is 8.96. The summed E-state index contributed by atoms with van der Waals surface area (Å²) in [6.45, 7) is 6.37. The number of hydrogen-bond donors (Lipinski definition) is 0. The summed E-state index contributed by atoms with van der Waals surface area (Å²) in [5.41, 5.74) is 3.07. The molecule has 0 saturated carbocycles. The molecule has 0 aliphatic heterocycles. The third kappa shape index (κ3) is 2.34. The van der Waals surface area contributed by atoms with Gasteiger partial charge in [0.05, 0.1) is 12.2 Å². The first kappa shape index (κ1) is 10.8. The van der Waals surface area contributed by atoms with Crippen LogP contribution in [0, 0.1) is 6.92 Å². The minimum absolute atomic E-state index is 0.234. The number of hydrogen-bond acceptors (Lipinski definition) is 2. The molecule has 1 aromatic carbocycles. The summed E-state index contributed by atoms with van der Waals surface area (Å²) in [6, 6.07) is 5.69. The Morgan fingerprint density at radius 3 is 2.64 bits per heavy atom. The number of esters is 1. The maximum Gasteiger partial charge on any atom is 0.338 e. The van der Waals surface area contributed by atoms with E-state index in [-0.39, 0.29) is 5.97 Å². The average molecular weight is 192 g/mol. The molecule has 0 atom stereocenters. The molecule has 0 bridgehead atoms. The summed E-state index contributed by atoms with van der Waals surface area (Å²) in [5, 5.41) is 0. The van der Waals surface area contributed by atoms with E-state index in [0.29, 0.717) is 12.2 Å². The lowest BCUT2D eigenvalue weighted by Gasteiger charge is -2.06. The molecule has 1 rings (SSSR count). The first-order valence-electron chi connectivity index (χ1n) is 4.95. The van der Waals surface area contributed by atoms with Crippen LogP contribution in [0.2, 0.25) is 0 Å². The standard InChI is InChI=1S/C12H16O2/c1-4-10-8-11(7-6-9(10)3)12(13)14-5-2/h6-8H,4-5H2,1-3H3. The second-order valence-corrected chi connectivity index (χ2v) is 3.22. The Balaban J connectivity index is 2.94. The SMILES string of the molecule is CCOC(=O)c1ccc(C)c(CC)c1. The van der Waals surface area contributed by atoms with Gasteiger partial charge in [0.2, 0.25) is 0 Å². The van der Waals surface area contributed by atoms with Gasteiger partial charge < -0.3 is 4.74 Å². The van der Waals surface area contributed by atoms with Crippen molar-refractivity contribution in [2.75, 3.05) is 6.61 Å². The van der Waals surface area contributed by atoms with E-state index < -0.39 is 0 Å². The molecule has 0 aromatic heterocycles. The number of rotatable bonds is 3. The summed E-state index contributed by atoms with van der Waals surface area (Å²) in [4.78, 5) is 11.4. The van der Waals surface area contributed by atoms with Crippen molar-refractivity contribution in [3.8, 4) is 0 Å². The highest BCUT2D eigenvalue weighted by Gasteiger charge is 2.07. The van der Waals surface area contributed by atoms with Gasteiger partial charge in [0, 0.05) is 0 Å². The fourth-order valence-electron chi connectivity index (χ4n) is 1.39. The first-order chi connectivity index (χ1) is 6.69. The zero-order chi connectivity index (χ0) is 10.6. The minimum atomic E-state index is -0.234. The predicted octanol–water partition coefficient (Wildman–Crippen LogP) is 2.73. The first-order valence-corrected chi connectivity index (χ1v) is 4.95. The van der Waals surface area contributed by atoms with E-state index in [0.717, 1.165) is 6.42 Å². The highest BCUT2D eigenvalue weighted by Crippen LogP contribution is 2.12. The van der Waals surface area contributed by atoms with Gasteiger partial charge in [-0.05, 0) is 43.5 Å². The van der Waals surface area contributed by atoms with Crippen molar-refractivity contribution in [2.24, 2.45) is 0 Å². The van der Waals surface area contributed by atoms with Crippen LogP contribution in [0.1, 0.15) is 35.3 Å². The van der Waals surface area contributed by atoms with E-state index in [1.807, 2.05) is 32.0 Å². The molecule has 0 heterocycles. The van der Waals surface area contributed by atoms with Gasteiger partial charge in [0.25, 0.3) is 0 Å². The molecular formula is C12H16O2. The summed E-state index contributed by atoms with van der Waals surface area (Å²) in [6.07, 6.45) is 0.944. The van der Waals surface area contributed by atoms with E-state index >= 15 is 0 Å². The van der Waals surface area contributed by atoms with Crippen LogP contribution >= 0.6 is 0 Å².